The molecule has 7 heteroatoms. The van der Waals surface area contributed by atoms with Crippen LogP contribution in [0.25, 0.3) is 16.8 Å². The van der Waals surface area contributed by atoms with Crippen molar-refractivity contribution in [2.45, 2.75) is 13.5 Å². The number of carbonyl (C=O) groups is 3. The Morgan fingerprint density at radius 1 is 0.919 bits per heavy atom. The maximum atomic E-state index is 13.1. The van der Waals surface area contributed by atoms with Crippen molar-refractivity contribution in [1.29, 1.82) is 0 Å². The van der Waals surface area contributed by atoms with Gasteiger partial charge in [-0.05, 0) is 64.9 Å². The summed E-state index contributed by atoms with van der Waals surface area (Å²) in [4.78, 5) is 40.2. The third-order valence-corrected chi connectivity index (χ3v) is 6.90. The quantitative estimate of drug-likeness (QED) is 0.165. The number of esters is 1. The normalized spacial score (nSPS) is 14.4. The van der Waals surface area contributed by atoms with E-state index in [1.807, 2.05) is 61.5 Å². The standard InChI is InChI=1S/C30H23NO5S/c1-19-7-5-8-21(15-19)18-31-28(32)27(37-30(31)34)17-20-13-14-25(35-2)26(16-20)36-29(33)24-12-6-10-22-9-3-4-11-23(22)24/h3-17H,18H2,1-2H3/b27-17-. The van der Waals surface area contributed by atoms with Crippen LogP contribution in [-0.2, 0) is 11.3 Å². The number of benzene rings is 4. The van der Waals surface area contributed by atoms with Crippen molar-refractivity contribution in [3.63, 3.8) is 0 Å². The van der Waals surface area contributed by atoms with E-state index in [4.69, 9.17) is 9.47 Å². The van der Waals surface area contributed by atoms with Crippen LogP contribution in [0.15, 0.2) is 89.8 Å². The van der Waals surface area contributed by atoms with E-state index in [1.54, 1.807) is 36.4 Å². The molecule has 37 heavy (non-hydrogen) atoms. The fraction of sp³-hybridized carbons (Fsp3) is 0.100. The zero-order valence-electron chi connectivity index (χ0n) is 20.3. The molecule has 1 saturated heterocycles. The van der Waals surface area contributed by atoms with Crippen LogP contribution >= 0.6 is 11.8 Å². The number of thioether (sulfide) groups is 1. The van der Waals surface area contributed by atoms with Crippen molar-refractivity contribution in [1.82, 2.24) is 4.90 Å². The number of methoxy groups -OCH3 is 1. The summed E-state index contributed by atoms with van der Waals surface area (Å²) < 4.78 is 11.1. The molecular formula is C30H23NO5S. The van der Waals surface area contributed by atoms with E-state index in [-0.39, 0.29) is 23.4 Å². The SMILES string of the molecule is COc1ccc(/C=C2\SC(=O)N(Cc3cccc(C)c3)C2=O)cc1OC(=O)c1cccc2ccccc12. The van der Waals surface area contributed by atoms with Crippen LogP contribution in [0.4, 0.5) is 4.79 Å². The number of imide groups is 1. The van der Waals surface area contributed by atoms with Gasteiger partial charge < -0.3 is 9.47 Å². The van der Waals surface area contributed by atoms with Crippen molar-refractivity contribution in [2.24, 2.45) is 0 Å². The van der Waals surface area contributed by atoms with E-state index >= 15 is 0 Å². The first-order chi connectivity index (χ1) is 17.9. The fourth-order valence-corrected chi connectivity index (χ4v) is 5.04. The van der Waals surface area contributed by atoms with Crippen LogP contribution in [0.2, 0.25) is 0 Å². The van der Waals surface area contributed by atoms with Gasteiger partial charge in [0.1, 0.15) is 0 Å². The molecule has 0 aliphatic carbocycles. The summed E-state index contributed by atoms with van der Waals surface area (Å²) in [6, 6.07) is 25.7. The predicted octanol–water partition coefficient (Wildman–Crippen LogP) is 6.61. The molecule has 0 spiro atoms. The Bertz CT molecular complexity index is 1570. The maximum Gasteiger partial charge on any atom is 0.344 e. The van der Waals surface area contributed by atoms with Crippen LogP contribution in [0, 0.1) is 6.92 Å². The predicted molar refractivity (Wildman–Crippen MR) is 145 cm³/mol. The lowest BCUT2D eigenvalue weighted by molar-refractivity contribution is -0.123. The third-order valence-electron chi connectivity index (χ3n) is 5.99. The van der Waals surface area contributed by atoms with Gasteiger partial charge in [-0.15, -0.1) is 0 Å². The van der Waals surface area contributed by atoms with E-state index in [2.05, 4.69) is 0 Å². The third kappa shape index (κ3) is 5.13. The zero-order chi connectivity index (χ0) is 25.9. The Hall–Kier alpha value is -4.36. The number of fused-ring (bicyclic) bond motifs is 1. The molecule has 6 nitrogen and oxygen atoms in total. The molecule has 4 aromatic rings. The monoisotopic (exact) mass is 509 g/mol. The molecule has 0 aromatic heterocycles. The van der Waals surface area contributed by atoms with Crippen LogP contribution in [0.3, 0.4) is 0 Å². The molecule has 0 atom stereocenters. The molecule has 0 unspecified atom stereocenters. The van der Waals surface area contributed by atoms with Gasteiger partial charge in [-0.2, -0.15) is 0 Å². The van der Waals surface area contributed by atoms with Gasteiger partial charge in [0.2, 0.25) is 0 Å². The van der Waals surface area contributed by atoms with Crippen molar-refractivity contribution in [3.8, 4) is 11.5 Å². The molecule has 184 valence electrons. The first-order valence-corrected chi connectivity index (χ1v) is 12.4. The molecule has 1 fully saturated rings. The highest BCUT2D eigenvalue weighted by Crippen LogP contribution is 2.36. The van der Waals surface area contributed by atoms with Crippen molar-refractivity contribution < 1.29 is 23.9 Å². The highest BCUT2D eigenvalue weighted by Gasteiger charge is 2.35. The van der Waals surface area contributed by atoms with E-state index < -0.39 is 5.97 Å². The molecule has 0 bridgehead atoms. The van der Waals surface area contributed by atoms with Gasteiger partial charge in [0.15, 0.2) is 11.5 Å². The highest BCUT2D eigenvalue weighted by atomic mass is 32.2. The summed E-state index contributed by atoms with van der Waals surface area (Å²) in [5.74, 6) is -0.293. The minimum atomic E-state index is -0.522. The summed E-state index contributed by atoms with van der Waals surface area (Å²) >= 11 is 0.888. The van der Waals surface area contributed by atoms with Crippen LogP contribution < -0.4 is 9.47 Å². The van der Waals surface area contributed by atoms with Crippen LogP contribution in [-0.4, -0.2) is 29.1 Å². The van der Waals surface area contributed by atoms with E-state index in [0.717, 1.165) is 33.7 Å². The minimum absolute atomic E-state index is 0.209. The summed E-state index contributed by atoms with van der Waals surface area (Å²) in [7, 11) is 1.49. The average Bonchev–Trinajstić information content (AvgIpc) is 3.15. The number of amides is 2. The molecule has 0 saturated carbocycles. The lowest BCUT2D eigenvalue weighted by Crippen LogP contribution is -2.27. The molecule has 1 aliphatic rings. The summed E-state index contributed by atoms with van der Waals surface area (Å²) in [6.07, 6.45) is 1.62. The van der Waals surface area contributed by atoms with Gasteiger partial charge in [-0.3, -0.25) is 14.5 Å². The Balaban J connectivity index is 1.40. The van der Waals surface area contributed by atoms with Crippen molar-refractivity contribution >= 4 is 45.7 Å². The fourth-order valence-electron chi connectivity index (χ4n) is 4.20. The summed E-state index contributed by atoms with van der Waals surface area (Å²) in [5.41, 5.74) is 2.98. The molecule has 1 aliphatic heterocycles. The molecular weight excluding hydrogens is 486 g/mol. The van der Waals surface area contributed by atoms with Gasteiger partial charge in [0, 0.05) is 0 Å². The number of nitrogens with zero attached hydrogens (tertiary/aromatic N) is 1. The van der Waals surface area contributed by atoms with Gasteiger partial charge in [0.25, 0.3) is 11.1 Å². The molecule has 1 heterocycles. The van der Waals surface area contributed by atoms with Gasteiger partial charge in [-0.1, -0.05) is 72.3 Å². The summed E-state index contributed by atoms with van der Waals surface area (Å²) in [5, 5.41) is 1.39. The van der Waals surface area contributed by atoms with E-state index in [1.165, 1.54) is 12.0 Å². The first kappa shape index (κ1) is 24.3. The number of rotatable bonds is 6. The zero-order valence-corrected chi connectivity index (χ0v) is 21.1. The molecule has 2 amide bonds. The average molecular weight is 510 g/mol. The maximum absolute atomic E-state index is 13.1. The highest BCUT2D eigenvalue weighted by molar-refractivity contribution is 8.18. The van der Waals surface area contributed by atoms with Gasteiger partial charge >= 0.3 is 5.97 Å². The second kappa shape index (κ2) is 10.3. The second-order valence-electron chi connectivity index (χ2n) is 8.58. The number of aryl methyl sites for hydroxylation is 1. The number of carbonyl (C=O) groups excluding carboxylic acids is 3. The van der Waals surface area contributed by atoms with Crippen molar-refractivity contribution in [3.05, 3.63) is 112 Å². The van der Waals surface area contributed by atoms with Crippen LogP contribution in [0.1, 0.15) is 27.0 Å². The smallest absolute Gasteiger partial charge is 0.344 e. The topological polar surface area (TPSA) is 72.9 Å². The summed E-state index contributed by atoms with van der Waals surface area (Å²) in [6.45, 7) is 2.17. The molecule has 0 N–H and O–H groups in total. The minimum Gasteiger partial charge on any atom is -0.493 e. The Morgan fingerprint density at radius 2 is 1.70 bits per heavy atom. The second-order valence-corrected chi connectivity index (χ2v) is 9.58. The Labute approximate surface area is 218 Å². The number of ether oxygens (including phenoxy) is 2. The number of hydrogen-bond donors (Lipinski definition) is 0. The van der Waals surface area contributed by atoms with E-state index in [0.29, 0.717) is 21.8 Å². The lowest BCUT2D eigenvalue weighted by atomic mass is 10.0. The number of hydrogen-bond acceptors (Lipinski definition) is 6. The Morgan fingerprint density at radius 3 is 2.51 bits per heavy atom. The van der Waals surface area contributed by atoms with Gasteiger partial charge in [0.05, 0.1) is 24.1 Å². The lowest BCUT2D eigenvalue weighted by Gasteiger charge is -2.13. The molecule has 0 radical (unpaired) electrons. The first-order valence-electron chi connectivity index (χ1n) is 11.6. The molecule has 4 aromatic carbocycles. The molecule has 5 rings (SSSR count). The van der Waals surface area contributed by atoms with Gasteiger partial charge in [-0.25, -0.2) is 4.79 Å². The van der Waals surface area contributed by atoms with E-state index in [9.17, 15) is 14.4 Å². The van der Waals surface area contributed by atoms with Crippen molar-refractivity contribution in [2.75, 3.05) is 7.11 Å². The largest absolute Gasteiger partial charge is 0.493 e. The van der Waals surface area contributed by atoms with Crippen LogP contribution in [0.5, 0.6) is 11.5 Å². The Kier molecular flexibility index (Phi) is 6.79.